The number of amides is 1. The fourth-order valence-corrected chi connectivity index (χ4v) is 1.37. The number of aliphatic hydroxyl groups is 1. The average molecular weight is 236 g/mol. The Balaban J connectivity index is 1.75. The van der Waals surface area contributed by atoms with Crippen molar-refractivity contribution in [1.82, 2.24) is 10.5 Å². The minimum absolute atomic E-state index is 0.150. The first-order valence-electron chi connectivity index (χ1n) is 5.17. The van der Waals surface area contributed by atoms with Crippen molar-refractivity contribution in [3.8, 4) is 0 Å². The van der Waals surface area contributed by atoms with Gasteiger partial charge in [-0.15, -0.1) is 0 Å². The minimum Gasteiger partial charge on any atom is -0.467 e. The van der Waals surface area contributed by atoms with Crippen LogP contribution in [0.1, 0.15) is 28.8 Å². The summed E-state index contributed by atoms with van der Waals surface area (Å²) < 4.78 is 9.72. The summed E-state index contributed by atoms with van der Waals surface area (Å²) in [5.41, 5.74) is 0. The van der Waals surface area contributed by atoms with Crippen LogP contribution < -0.4 is 5.32 Å². The number of nitrogens with zero attached hydrogens (tertiary/aromatic N) is 1. The zero-order chi connectivity index (χ0) is 12.1. The molecular formula is C11H12N2O4. The molecule has 2 aromatic rings. The van der Waals surface area contributed by atoms with E-state index >= 15 is 0 Å². The van der Waals surface area contributed by atoms with Crippen LogP contribution in [0, 0.1) is 0 Å². The van der Waals surface area contributed by atoms with Crippen molar-refractivity contribution in [3.05, 3.63) is 42.2 Å². The van der Waals surface area contributed by atoms with Crippen LogP contribution >= 0.6 is 0 Å². The summed E-state index contributed by atoms with van der Waals surface area (Å²) in [6.07, 6.45) is 2.53. The molecule has 0 aliphatic heterocycles. The first-order valence-corrected chi connectivity index (χ1v) is 5.17. The van der Waals surface area contributed by atoms with Crippen molar-refractivity contribution in [2.45, 2.75) is 12.5 Å². The molecule has 0 aliphatic rings. The van der Waals surface area contributed by atoms with Crippen LogP contribution in [0.15, 0.2) is 39.6 Å². The third kappa shape index (κ3) is 2.94. The molecule has 0 aromatic carbocycles. The van der Waals surface area contributed by atoms with E-state index in [1.807, 2.05) is 0 Å². The molecule has 0 saturated carbocycles. The number of aromatic nitrogens is 1. The molecule has 0 radical (unpaired) electrons. The van der Waals surface area contributed by atoms with Gasteiger partial charge in [-0.2, -0.15) is 0 Å². The molecule has 2 N–H and O–H groups in total. The van der Waals surface area contributed by atoms with Gasteiger partial charge in [-0.05, 0) is 18.6 Å². The molecular weight excluding hydrogens is 224 g/mol. The summed E-state index contributed by atoms with van der Waals surface area (Å²) in [7, 11) is 0. The van der Waals surface area contributed by atoms with Gasteiger partial charge in [0.15, 0.2) is 0 Å². The highest BCUT2D eigenvalue weighted by Gasteiger charge is 2.12. The van der Waals surface area contributed by atoms with E-state index in [9.17, 15) is 9.90 Å². The molecule has 1 unspecified atom stereocenters. The first-order chi connectivity index (χ1) is 8.27. The fourth-order valence-electron chi connectivity index (χ4n) is 1.37. The number of aliphatic hydroxyl groups excluding tert-OH is 1. The zero-order valence-electron chi connectivity index (χ0n) is 9.00. The number of carbonyl (C=O) groups excluding carboxylic acids is 1. The Labute approximate surface area is 97.2 Å². The maximum absolute atomic E-state index is 11.4. The molecule has 1 amide bonds. The van der Waals surface area contributed by atoms with Gasteiger partial charge in [-0.25, -0.2) is 0 Å². The monoisotopic (exact) mass is 236 g/mol. The van der Waals surface area contributed by atoms with Gasteiger partial charge in [0.25, 0.3) is 5.91 Å². The summed E-state index contributed by atoms with van der Waals surface area (Å²) in [6, 6.07) is 4.85. The Morgan fingerprint density at radius 3 is 3.06 bits per heavy atom. The van der Waals surface area contributed by atoms with Crippen LogP contribution in [-0.4, -0.2) is 22.7 Å². The second-order valence-electron chi connectivity index (χ2n) is 3.45. The second-order valence-corrected chi connectivity index (χ2v) is 3.45. The van der Waals surface area contributed by atoms with Crippen molar-refractivity contribution >= 4 is 5.91 Å². The van der Waals surface area contributed by atoms with E-state index in [0.717, 1.165) is 0 Å². The molecule has 1 atom stereocenters. The molecule has 2 aromatic heterocycles. The molecule has 2 heterocycles. The highest BCUT2D eigenvalue weighted by Crippen LogP contribution is 2.15. The van der Waals surface area contributed by atoms with E-state index in [2.05, 4.69) is 15.0 Å². The van der Waals surface area contributed by atoms with Gasteiger partial charge >= 0.3 is 0 Å². The highest BCUT2D eigenvalue weighted by atomic mass is 16.5. The summed E-state index contributed by atoms with van der Waals surface area (Å²) >= 11 is 0. The molecule has 0 bridgehead atoms. The lowest BCUT2D eigenvalue weighted by Crippen LogP contribution is -2.25. The van der Waals surface area contributed by atoms with Crippen LogP contribution in [-0.2, 0) is 0 Å². The Kier molecular flexibility index (Phi) is 3.56. The van der Waals surface area contributed by atoms with Crippen LogP contribution in [0.5, 0.6) is 0 Å². The molecule has 6 heteroatoms. The largest absolute Gasteiger partial charge is 0.467 e. The Bertz CT molecular complexity index is 450. The number of hydrogen-bond acceptors (Lipinski definition) is 5. The van der Waals surface area contributed by atoms with Crippen LogP contribution in [0.4, 0.5) is 0 Å². The molecule has 0 spiro atoms. The first kappa shape index (κ1) is 11.4. The van der Waals surface area contributed by atoms with Crippen LogP contribution in [0.25, 0.3) is 0 Å². The number of hydrogen-bond donors (Lipinski definition) is 2. The maximum Gasteiger partial charge on any atom is 0.289 e. The van der Waals surface area contributed by atoms with Crippen molar-refractivity contribution < 1.29 is 18.8 Å². The van der Waals surface area contributed by atoms with Crippen molar-refractivity contribution in [2.75, 3.05) is 6.54 Å². The maximum atomic E-state index is 11.4. The summed E-state index contributed by atoms with van der Waals surface area (Å²) in [5, 5.41) is 15.7. The lowest BCUT2D eigenvalue weighted by molar-refractivity contribution is 0.0900. The van der Waals surface area contributed by atoms with Gasteiger partial charge in [0, 0.05) is 12.6 Å². The van der Waals surface area contributed by atoms with E-state index < -0.39 is 6.10 Å². The lowest BCUT2D eigenvalue weighted by atomic mass is 10.2. The van der Waals surface area contributed by atoms with Crippen LogP contribution in [0.3, 0.4) is 0 Å². The Hall–Kier alpha value is -2.08. The van der Waals surface area contributed by atoms with Gasteiger partial charge in [0.1, 0.15) is 11.9 Å². The van der Waals surface area contributed by atoms with Gasteiger partial charge in [0.2, 0.25) is 5.76 Å². The predicted molar refractivity (Wildman–Crippen MR) is 57.1 cm³/mol. The molecule has 0 saturated heterocycles. The average Bonchev–Trinajstić information content (AvgIpc) is 3.02. The number of nitrogens with one attached hydrogen (secondary N) is 1. The molecule has 6 nitrogen and oxygen atoms in total. The summed E-state index contributed by atoms with van der Waals surface area (Å²) in [6.45, 7) is 0.321. The Morgan fingerprint density at radius 1 is 1.53 bits per heavy atom. The molecule has 90 valence electrons. The van der Waals surface area contributed by atoms with Gasteiger partial charge in [0.05, 0.1) is 12.5 Å². The predicted octanol–water partition coefficient (Wildman–Crippen LogP) is 1.12. The third-order valence-electron chi connectivity index (χ3n) is 2.24. The molecule has 17 heavy (non-hydrogen) atoms. The molecule has 2 rings (SSSR count). The molecule has 0 fully saturated rings. The van der Waals surface area contributed by atoms with E-state index in [-0.39, 0.29) is 11.7 Å². The number of carbonyl (C=O) groups is 1. The standard InChI is InChI=1S/C11H12N2O4/c14-8(9-2-1-7-16-9)3-5-12-11(15)10-4-6-13-17-10/h1-2,4,6-8,14H,3,5H2,(H,12,15). The minimum atomic E-state index is -0.722. The zero-order valence-corrected chi connectivity index (χ0v) is 9.00. The van der Waals surface area contributed by atoms with Crippen LogP contribution in [0.2, 0.25) is 0 Å². The molecule has 0 aliphatic carbocycles. The summed E-state index contributed by atoms with van der Waals surface area (Å²) in [4.78, 5) is 11.4. The third-order valence-corrected chi connectivity index (χ3v) is 2.24. The topological polar surface area (TPSA) is 88.5 Å². The normalized spacial score (nSPS) is 12.3. The Morgan fingerprint density at radius 2 is 2.41 bits per heavy atom. The van der Waals surface area contributed by atoms with E-state index in [0.29, 0.717) is 18.7 Å². The smallest absolute Gasteiger partial charge is 0.289 e. The quantitative estimate of drug-likeness (QED) is 0.812. The highest BCUT2D eigenvalue weighted by molar-refractivity contribution is 5.91. The SMILES string of the molecule is O=C(NCCC(O)c1ccco1)c1ccno1. The fraction of sp³-hybridized carbons (Fsp3) is 0.273. The van der Waals surface area contributed by atoms with E-state index in [4.69, 9.17) is 4.42 Å². The second kappa shape index (κ2) is 5.31. The lowest BCUT2D eigenvalue weighted by Gasteiger charge is -2.07. The van der Waals surface area contributed by atoms with Crippen molar-refractivity contribution in [2.24, 2.45) is 0 Å². The van der Waals surface area contributed by atoms with Gasteiger partial charge in [-0.3, -0.25) is 4.79 Å². The van der Waals surface area contributed by atoms with Gasteiger partial charge < -0.3 is 19.4 Å². The van der Waals surface area contributed by atoms with E-state index in [1.165, 1.54) is 18.5 Å². The summed E-state index contributed by atoms with van der Waals surface area (Å²) in [5.74, 6) is 0.283. The van der Waals surface area contributed by atoms with Crippen molar-refractivity contribution in [3.63, 3.8) is 0 Å². The van der Waals surface area contributed by atoms with Gasteiger partial charge in [-0.1, -0.05) is 5.16 Å². The van der Waals surface area contributed by atoms with Crippen molar-refractivity contribution in [1.29, 1.82) is 0 Å². The number of rotatable bonds is 5. The number of furan rings is 1. The van der Waals surface area contributed by atoms with E-state index in [1.54, 1.807) is 12.1 Å².